The highest BCUT2D eigenvalue weighted by Gasteiger charge is 2.05. The summed E-state index contributed by atoms with van der Waals surface area (Å²) in [5.41, 5.74) is 6.47. The molecule has 3 N–H and O–H groups in total. The lowest BCUT2D eigenvalue weighted by molar-refractivity contribution is -0.147. The van der Waals surface area contributed by atoms with Crippen LogP contribution in [0.3, 0.4) is 0 Å². The summed E-state index contributed by atoms with van der Waals surface area (Å²) in [4.78, 5) is 15.4. The van der Waals surface area contributed by atoms with E-state index < -0.39 is 0 Å². The van der Waals surface area contributed by atoms with Gasteiger partial charge in [-0.2, -0.15) is 0 Å². The van der Waals surface area contributed by atoms with Gasteiger partial charge in [-0.05, 0) is 26.0 Å². The van der Waals surface area contributed by atoms with Crippen LogP contribution in [0.2, 0.25) is 0 Å². The maximum atomic E-state index is 11.3. The number of methoxy groups -OCH3 is 1. The first-order chi connectivity index (χ1) is 9.52. The van der Waals surface area contributed by atoms with E-state index in [1.165, 1.54) is 0 Å². The van der Waals surface area contributed by atoms with Crippen LogP contribution >= 0.6 is 0 Å². The molecule has 0 saturated heterocycles. The molecule has 0 aliphatic rings. The number of benzene rings is 1. The van der Waals surface area contributed by atoms with Gasteiger partial charge in [-0.25, -0.2) is 0 Å². The number of carbonyl (C=O) groups is 1. The number of aliphatic imine (C=N–C) groups is 1. The van der Waals surface area contributed by atoms with Crippen molar-refractivity contribution in [3.8, 4) is 5.75 Å². The van der Waals surface area contributed by atoms with Crippen LogP contribution in [0.1, 0.15) is 20.3 Å². The van der Waals surface area contributed by atoms with E-state index in [1.54, 1.807) is 21.0 Å². The van der Waals surface area contributed by atoms with Gasteiger partial charge in [-0.1, -0.05) is 12.1 Å². The average Bonchev–Trinajstić information content (AvgIpc) is 2.38. The molecule has 20 heavy (non-hydrogen) atoms. The van der Waals surface area contributed by atoms with Crippen LogP contribution in [0.25, 0.3) is 0 Å². The average molecular weight is 279 g/mol. The monoisotopic (exact) mass is 279 g/mol. The lowest BCUT2D eigenvalue weighted by atomic mass is 10.3. The maximum Gasteiger partial charge on any atom is 0.307 e. The Labute approximate surface area is 119 Å². The summed E-state index contributed by atoms with van der Waals surface area (Å²) in [6, 6.07) is 7.36. The second-order valence-corrected chi connectivity index (χ2v) is 4.38. The van der Waals surface area contributed by atoms with Gasteiger partial charge in [0, 0.05) is 0 Å². The van der Waals surface area contributed by atoms with Crippen LogP contribution in [0, 0.1) is 0 Å². The highest BCUT2D eigenvalue weighted by molar-refractivity contribution is 5.93. The van der Waals surface area contributed by atoms with Crippen LogP contribution in [-0.2, 0) is 9.53 Å². The van der Waals surface area contributed by atoms with Gasteiger partial charge in [-0.15, -0.1) is 0 Å². The Morgan fingerprint density at radius 3 is 2.75 bits per heavy atom. The Morgan fingerprint density at radius 2 is 2.10 bits per heavy atom. The van der Waals surface area contributed by atoms with Gasteiger partial charge in [0.25, 0.3) is 0 Å². The number of hydrogen-bond donors (Lipinski definition) is 2. The molecule has 1 rings (SSSR count). The number of para-hydroxylation sites is 2. The smallest absolute Gasteiger partial charge is 0.307 e. The number of carbonyl (C=O) groups excluding carboxylic acids is 1. The molecule has 0 aliphatic carbocycles. The van der Waals surface area contributed by atoms with Gasteiger partial charge in [-0.3, -0.25) is 9.79 Å². The molecule has 6 heteroatoms. The lowest BCUT2D eigenvalue weighted by Crippen LogP contribution is -2.23. The molecular formula is C14H21N3O3. The zero-order valence-electron chi connectivity index (χ0n) is 12.1. The third-order valence-electron chi connectivity index (χ3n) is 2.33. The Bertz CT molecular complexity index is 472. The van der Waals surface area contributed by atoms with Crippen LogP contribution in [0.5, 0.6) is 5.75 Å². The second-order valence-electron chi connectivity index (χ2n) is 4.38. The van der Waals surface area contributed by atoms with Gasteiger partial charge in [0.05, 0.1) is 31.9 Å². The normalized spacial score (nSPS) is 11.3. The molecule has 0 atom stereocenters. The first-order valence-corrected chi connectivity index (χ1v) is 6.42. The summed E-state index contributed by atoms with van der Waals surface area (Å²) in [5.74, 6) is 0.616. The summed E-state index contributed by atoms with van der Waals surface area (Å²) < 4.78 is 10.2. The molecule has 110 valence electrons. The van der Waals surface area contributed by atoms with Gasteiger partial charge in [0.2, 0.25) is 0 Å². The molecule has 0 spiro atoms. The molecule has 0 aromatic heterocycles. The van der Waals surface area contributed by atoms with E-state index in [2.05, 4.69) is 10.3 Å². The zero-order chi connectivity index (χ0) is 15.0. The number of nitrogens with one attached hydrogen (secondary N) is 1. The van der Waals surface area contributed by atoms with Gasteiger partial charge in [0.15, 0.2) is 5.96 Å². The Morgan fingerprint density at radius 1 is 1.40 bits per heavy atom. The van der Waals surface area contributed by atoms with Crippen LogP contribution in [0.15, 0.2) is 29.3 Å². The van der Waals surface area contributed by atoms with Gasteiger partial charge in [0.1, 0.15) is 5.75 Å². The van der Waals surface area contributed by atoms with Crippen molar-refractivity contribution >= 4 is 17.6 Å². The Hall–Kier alpha value is -2.24. The van der Waals surface area contributed by atoms with Crippen molar-refractivity contribution in [3.05, 3.63) is 24.3 Å². The fourth-order valence-electron chi connectivity index (χ4n) is 1.51. The fraction of sp³-hybridized carbons (Fsp3) is 0.429. The number of rotatable bonds is 6. The first-order valence-electron chi connectivity index (χ1n) is 6.42. The van der Waals surface area contributed by atoms with Crippen molar-refractivity contribution < 1.29 is 14.3 Å². The number of guanidine groups is 1. The van der Waals surface area contributed by atoms with Crippen molar-refractivity contribution in [3.63, 3.8) is 0 Å². The van der Waals surface area contributed by atoms with E-state index >= 15 is 0 Å². The van der Waals surface area contributed by atoms with Crippen molar-refractivity contribution in [2.45, 2.75) is 26.4 Å². The SMILES string of the molecule is COc1ccccc1NC(N)=NCCC(=O)OC(C)C. The van der Waals surface area contributed by atoms with Crippen molar-refractivity contribution in [1.82, 2.24) is 0 Å². The largest absolute Gasteiger partial charge is 0.495 e. The van der Waals surface area contributed by atoms with E-state index in [4.69, 9.17) is 15.2 Å². The maximum absolute atomic E-state index is 11.3. The molecular weight excluding hydrogens is 258 g/mol. The number of ether oxygens (including phenoxy) is 2. The number of anilines is 1. The summed E-state index contributed by atoms with van der Waals surface area (Å²) >= 11 is 0. The van der Waals surface area contributed by atoms with Crippen molar-refractivity contribution in [2.75, 3.05) is 19.0 Å². The first kappa shape index (κ1) is 15.8. The minimum atomic E-state index is -0.283. The van der Waals surface area contributed by atoms with E-state index in [9.17, 15) is 4.79 Å². The Kier molecular flexibility index (Phi) is 6.36. The van der Waals surface area contributed by atoms with E-state index in [0.717, 1.165) is 5.69 Å². The fourth-order valence-corrected chi connectivity index (χ4v) is 1.51. The highest BCUT2D eigenvalue weighted by Crippen LogP contribution is 2.22. The summed E-state index contributed by atoms with van der Waals surface area (Å²) in [7, 11) is 1.58. The molecule has 0 saturated carbocycles. The van der Waals surface area contributed by atoms with Crippen molar-refractivity contribution in [1.29, 1.82) is 0 Å². The number of nitrogens with zero attached hydrogens (tertiary/aromatic N) is 1. The predicted molar refractivity (Wildman–Crippen MR) is 79.0 cm³/mol. The molecule has 0 heterocycles. The molecule has 1 aromatic rings. The number of hydrogen-bond acceptors (Lipinski definition) is 4. The van der Waals surface area contributed by atoms with E-state index in [0.29, 0.717) is 5.75 Å². The Balaban J connectivity index is 2.48. The molecule has 6 nitrogen and oxygen atoms in total. The lowest BCUT2D eigenvalue weighted by Gasteiger charge is -2.10. The molecule has 0 unspecified atom stereocenters. The zero-order valence-corrected chi connectivity index (χ0v) is 12.1. The second kappa shape index (κ2) is 8.04. The summed E-state index contributed by atoms with van der Waals surface area (Å²) in [6.07, 6.45) is 0.0856. The van der Waals surface area contributed by atoms with Crippen LogP contribution in [-0.4, -0.2) is 31.7 Å². The quantitative estimate of drug-likeness (QED) is 0.471. The molecule has 1 aromatic carbocycles. The number of esters is 1. The van der Waals surface area contributed by atoms with Crippen LogP contribution in [0.4, 0.5) is 5.69 Å². The third-order valence-corrected chi connectivity index (χ3v) is 2.33. The van der Waals surface area contributed by atoms with Crippen LogP contribution < -0.4 is 15.8 Å². The molecule has 0 aliphatic heterocycles. The summed E-state index contributed by atoms with van der Waals surface area (Å²) in [6.45, 7) is 3.89. The van der Waals surface area contributed by atoms with E-state index in [1.807, 2.05) is 24.3 Å². The third kappa shape index (κ3) is 5.60. The van der Waals surface area contributed by atoms with Gasteiger partial charge >= 0.3 is 5.97 Å². The van der Waals surface area contributed by atoms with Crippen molar-refractivity contribution in [2.24, 2.45) is 10.7 Å². The molecule has 0 bridgehead atoms. The topological polar surface area (TPSA) is 85.9 Å². The minimum absolute atomic E-state index is 0.115. The molecule has 0 fully saturated rings. The standard InChI is InChI=1S/C14H21N3O3/c1-10(2)20-13(18)8-9-16-14(15)17-11-6-4-5-7-12(11)19-3/h4-7,10H,8-9H2,1-3H3,(H3,15,16,17). The predicted octanol–water partition coefficient (Wildman–Crippen LogP) is 1.76. The molecule has 0 amide bonds. The summed E-state index contributed by atoms with van der Waals surface area (Å²) in [5, 5.41) is 2.93. The van der Waals surface area contributed by atoms with E-state index in [-0.39, 0.29) is 31.0 Å². The number of nitrogens with two attached hydrogens (primary N) is 1. The minimum Gasteiger partial charge on any atom is -0.495 e. The molecule has 0 radical (unpaired) electrons. The highest BCUT2D eigenvalue weighted by atomic mass is 16.5. The van der Waals surface area contributed by atoms with Gasteiger partial charge < -0.3 is 20.5 Å².